The van der Waals surface area contributed by atoms with Crippen molar-refractivity contribution in [2.45, 2.75) is 0 Å². The van der Waals surface area contributed by atoms with Crippen molar-refractivity contribution < 1.29 is 14.3 Å². The van der Waals surface area contributed by atoms with Crippen molar-refractivity contribution in [3.8, 4) is 5.75 Å². The Kier molecular flexibility index (Phi) is 4.88. The molecule has 0 aromatic heterocycles. The van der Waals surface area contributed by atoms with Gasteiger partial charge in [-0.3, -0.25) is 9.59 Å². The van der Waals surface area contributed by atoms with E-state index in [4.69, 9.17) is 4.74 Å². The molecule has 2 aromatic rings. The summed E-state index contributed by atoms with van der Waals surface area (Å²) >= 11 is 0. The lowest BCUT2D eigenvalue weighted by atomic mass is 9.89. The van der Waals surface area contributed by atoms with Crippen LogP contribution in [0.1, 0.15) is 20.7 Å². The zero-order valence-electron chi connectivity index (χ0n) is 16.1. The van der Waals surface area contributed by atoms with Crippen LogP contribution in [-0.2, 0) is 0 Å². The predicted molar refractivity (Wildman–Crippen MR) is 108 cm³/mol. The lowest BCUT2D eigenvalue weighted by Gasteiger charge is -2.37. The van der Waals surface area contributed by atoms with Crippen LogP contribution in [0.15, 0.2) is 59.9 Å². The summed E-state index contributed by atoms with van der Waals surface area (Å²) in [7, 11) is 3.66. The van der Waals surface area contributed by atoms with E-state index >= 15 is 0 Å². The van der Waals surface area contributed by atoms with Crippen molar-refractivity contribution in [2.24, 2.45) is 0 Å². The average Bonchev–Trinajstić information content (AvgIpc) is 2.73. The number of hydrogen-bond donors (Lipinski definition) is 1. The fourth-order valence-corrected chi connectivity index (χ4v) is 3.66. The quantitative estimate of drug-likeness (QED) is 0.884. The summed E-state index contributed by atoms with van der Waals surface area (Å²) in [5.74, 6) is 0.416. The van der Waals surface area contributed by atoms with E-state index in [1.807, 2.05) is 29.2 Å². The van der Waals surface area contributed by atoms with Crippen molar-refractivity contribution in [1.82, 2.24) is 9.80 Å². The van der Waals surface area contributed by atoms with Gasteiger partial charge in [-0.2, -0.15) is 0 Å². The number of fused-ring (bicyclic) bond motifs is 1. The first-order valence-corrected chi connectivity index (χ1v) is 9.36. The summed E-state index contributed by atoms with van der Waals surface area (Å²) in [6, 6.07) is 14.4. The van der Waals surface area contributed by atoms with Crippen molar-refractivity contribution in [3.05, 3.63) is 71.1 Å². The van der Waals surface area contributed by atoms with E-state index in [0.29, 0.717) is 47.0 Å². The van der Waals surface area contributed by atoms with Crippen LogP contribution in [0, 0.1) is 0 Å². The lowest BCUT2D eigenvalue weighted by Crippen LogP contribution is -2.47. The molecule has 28 heavy (non-hydrogen) atoms. The molecule has 1 heterocycles. The highest BCUT2D eigenvalue weighted by Crippen LogP contribution is 2.30. The number of rotatable bonds is 4. The number of anilines is 1. The molecule has 0 unspecified atom stereocenters. The number of piperazine rings is 1. The number of ketones is 2. The number of Topliss-reactive ketones (excluding diaryl/α,β-unsaturated/α-hetero) is 2. The summed E-state index contributed by atoms with van der Waals surface area (Å²) in [5.41, 5.74) is 2.41. The number of carbonyl (C=O) groups is 2. The summed E-state index contributed by atoms with van der Waals surface area (Å²) in [4.78, 5) is 30.9. The normalized spacial score (nSPS) is 17.6. The van der Waals surface area contributed by atoms with Crippen LogP contribution in [-0.4, -0.2) is 61.7 Å². The fourth-order valence-electron chi connectivity index (χ4n) is 3.66. The van der Waals surface area contributed by atoms with Gasteiger partial charge < -0.3 is 19.9 Å². The van der Waals surface area contributed by atoms with E-state index in [-0.39, 0.29) is 11.6 Å². The van der Waals surface area contributed by atoms with Crippen molar-refractivity contribution in [3.63, 3.8) is 0 Å². The second kappa shape index (κ2) is 7.48. The van der Waals surface area contributed by atoms with E-state index in [2.05, 4.69) is 17.3 Å². The molecule has 0 amide bonds. The number of nitrogens with one attached hydrogen (secondary N) is 1. The number of methoxy groups -OCH3 is 1. The van der Waals surface area contributed by atoms with Crippen LogP contribution in [0.25, 0.3) is 0 Å². The highest BCUT2D eigenvalue weighted by Gasteiger charge is 2.36. The molecule has 0 saturated carbocycles. The Labute approximate surface area is 164 Å². The molecule has 4 rings (SSSR count). The number of ether oxygens (including phenoxy) is 1. The maximum Gasteiger partial charge on any atom is 0.212 e. The van der Waals surface area contributed by atoms with E-state index < -0.39 is 0 Å². The van der Waals surface area contributed by atoms with Gasteiger partial charge in [0.2, 0.25) is 11.6 Å². The minimum absolute atomic E-state index is 0.106. The molecule has 1 saturated heterocycles. The number of likely N-dealkylation sites (N-methyl/N-ethyl adjacent to an activating group) is 1. The molecule has 1 N–H and O–H groups in total. The summed E-state index contributed by atoms with van der Waals surface area (Å²) in [5, 5.41) is 3.21. The SMILES string of the molecule is COc1cccc(NC2=C(N3CCN(C)CC3)C(=O)c3ccccc3C2=O)c1. The predicted octanol–water partition coefficient (Wildman–Crippen LogP) is 2.65. The van der Waals surface area contributed by atoms with Gasteiger partial charge in [-0.1, -0.05) is 30.3 Å². The van der Waals surface area contributed by atoms with E-state index in [1.165, 1.54) is 0 Å². The molecule has 1 fully saturated rings. The molecular weight excluding hydrogens is 354 g/mol. The van der Waals surface area contributed by atoms with Gasteiger partial charge in [0, 0.05) is 49.1 Å². The van der Waals surface area contributed by atoms with Gasteiger partial charge >= 0.3 is 0 Å². The Morgan fingerprint density at radius 2 is 1.57 bits per heavy atom. The molecule has 2 aliphatic rings. The largest absolute Gasteiger partial charge is 0.497 e. The Morgan fingerprint density at radius 1 is 0.893 bits per heavy atom. The maximum atomic E-state index is 13.3. The zero-order chi connectivity index (χ0) is 19.7. The van der Waals surface area contributed by atoms with Gasteiger partial charge in [0.05, 0.1) is 7.11 Å². The van der Waals surface area contributed by atoms with Gasteiger partial charge in [-0.15, -0.1) is 0 Å². The van der Waals surface area contributed by atoms with Crippen molar-refractivity contribution >= 4 is 17.3 Å². The molecule has 2 aromatic carbocycles. The van der Waals surface area contributed by atoms with Crippen LogP contribution in [0.3, 0.4) is 0 Å². The van der Waals surface area contributed by atoms with Crippen molar-refractivity contribution in [2.75, 3.05) is 45.7 Å². The maximum absolute atomic E-state index is 13.3. The molecule has 0 bridgehead atoms. The van der Waals surface area contributed by atoms with Crippen LogP contribution in [0.5, 0.6) is 5.75 Å². The summed E-state index contributed by atoms with van der Waals surface area (Å²) in [6.07, 6.45) is 0. The monoisotopic (exact) mass is 377 g/mol. The van der Waals surface area contributed by atoms with Gasteiger partial charge in [0.25, 0.3) is 0 Å². The van der Waals surface area contributed by atoms with Crippen LogP contribution < -0.4 is 10.1 Å². The minimum atomic E-state index is -0.160. The Morgan fingerprint density at radius 3 is 2.25 bits per heavy atom. The van der Waals surface area contributed by atoms with E-state index in [1.54, 1.807) is 31.4 Å². The first-order valence-electron chi connectivity index (χ1n) is 9.36. The molecule has 1 aliphatic carbocycles. The highest BCUT2D eigenvalue weighted by atomic mass is 16.5. The molecular formula is C22H23N3O3. The number of hydrogen-bond acceptors (Lipinski definition) is 6. The molecule has 144 valence electrons. The van der Waals surface area contributed by atoms with Crippen LogP contribution in [0.2, 0.25) is 0 Å². The second-order valence-electron chi connectivity index (χ2n) is 7.07. The third-order valence-corrected chi connectivity index (χ3v) is 5.25. The number of nitrogens with zero attached hydrogens (tertiary/aromatic N) is 2. The second-order valence-corrected chi connectivity index (χ2v) is 7.07. The van der Waals surface area contributed by atoms with E-state index in [0.717, 1.165) is 13.1 Å². The minimum Gasteiger partial charge on any atom is -0.497 e. The molecule has 0 spiro atoms. The standard InChI is InChI=1S/C22H23N3O3/c1-24-10-12-25(13-11-24)20-19(23-15-6-5-7-16(14-15)28-2)21(26)17-8-3-4-9-18(17)22(20)27/h3-9,14,23H,10-13H2,1-2H3. The summed E-state index contributed by atoms with van der Waals surface area (Å²) < 4.78 is 5.28. The van der Waals surface area contributed by atoms with E-state index in [9.17, 15) is 9.59 Å². The van der Waals surface area contributed by atoms with Gasteiger partial charge in [0.15, 0.2) is 0 Å². The summed E-state index contributed by atoms with van der Waals surface area (Å²) in [6.45, 7) is 3.10. The third-order valence-electron chi connectivity index (χ3n) is 5.25. The molecule has 0 atom stereocenters. The molecule has 6 heteroatoms. The van der Waals surface area contributed by atoms with Crippen LogP contribution >= 0.6 is 0 Å². The highest BCUT2D eigenvalue weighted by molar-refractivity contribution is 6.27. The first-order chi connectivity index (χ1) is 13.6. The number of carbonyl (C=O) groups excluding carboxylic acids is 2. The third kappa shape index (κ3) is 3.27. The zero-order valence-corrected chi connectivity index (χ0v) is 16.1. The lowest BCUT2D eigenvalue weighted by molar-refractivity contribution is 0.0917. The van der Waals surface area contributed by atoms with Crippen molar-refractivity contribution in [1.29, 1.82) is 0 Å². The topological polar surface area (TPSA) is 61.9 Å². The number of allylic oxidation sites excluding steroid dienone is 2. The Balaban J connectivity index is 1.79. The smallest absolute Gasteiger partial charge is 0.212 e. The van der Waals surface area contributed by atoms with Gasteiger partial charge in [-0.25, -0.2) is 0 Å². The van der Waals surface area contributed by atoms with Crippen LogP contribution in [0.4, 0.5) is 5.69 Å². The fraction of sp³-hybridized carbons (Fsp3) is 0.273. The van der Waals surface area contributed by atoms with Gasteiger partial charge in [0.1, 0.15) is 17.1 Å². The first kappa shape index (κ1) is 18.3. The average molecular weight is 377 g/mol. The van der Waals surface area contributed by atoms with Gasteiger partial charge in [-0.05, 0) is 19.2 Å². The molecule has 0 radical (unpaired) electrons. The number of benzene rings is 2. The Bertz CT molecular complexity index is 959. The molecule has 6 nitrogen and oxygen atoms in total. The molecule has 1 aliphatic heterocycles. The Hall–Kier alpha value is -3.12.